The third-order valence-electron chi connectivity index (χ3n) is 3.71. The highest BCUT2D eigenvalue weighted by molar-refractivity contribution is 5.52. The van der Waals surface area contributed by atoms with Crippen molar-refractivity contribution < 1.29 is 4.52 Å². The van der Waals surface area contributed by atoms with Crippen molar-refractivity contribution in [3.63, 3.8) is 0 Å². The standard InChI is InChI=1S/C17H21N5O/c1-13-10-14(2)22(19-13)9-8-21(3)12-15-11-17(20-23-15)16-6-4-5-7-18-16/h4-7,10-11H,8-9,12H2,1-3H3. The van der Waals surface area contributed by atoms with Gasteiger partial charge < -0.3 is 4.52 Å². The fourth-order valence-electron chi connectivity index (χ4n) is 2.53. The van der Waals surface area contributed by atoms with Crippen LogP contribution in [-0.4, -0.2) is 38.4 Å². The zero-order valence-corrected chi connectivity index (χ0v) is 13.7. The van der Waals surface area contributed by atoms with Crippen molar-refractivity contribution in [3.05, 3.63) is 53.7 Å². The van der Waals surface area contributed by atoms with Crippen LogP contribution >= 0.6 is 0 Å². The van der Waals surface area contributed by atoms with E-state index in [1.807, 2.05) is 35.9 Å². The van der Waals surface area contributed by atoms with E-state index in [0.717, 1.165) is 35.9 Å². The molecule has 0 aliphatic rings. The third-order valence-corrected chi connectivity index (χ3v) is 3.71. The lowest BCUT2D eigenvalue weighted by Gasteiger charge is -2.15. The first kappa shape index (κ1) is 15.4. The van der Waals surface area contributed by atoms with Crippen LogP contribution in [0.15, 0.2) is 41.1 Å². The lowest BCUT2D eigenvalue weighted by Crippen LogP contribution is -2.23. The molecule has 3 rings (SSSR count). The number of hydrogen-bond donors (Lipinski definition) is 0. The van der Waals surface area contributed by atoms with Crippen molar-refractivity contribution >= 4 is 0 Å². The minimum atomic E-state index is 0.707. The maximum atomic E-state index is 5.42. The van der Waals surface area contributed by atoms with E-state index < -0.39 is 0 Å². The summed E-state index contributed by atoms with van der Waals surface area (Å²) in [6.07, 6.45) is 1.75. The molecule has 6 heteroatoms. The number of nitrogens with zero attached hydrogens (tertiary/aromatic N) is 5. The van der Waals surface area contributed by atoms with Crippen LogP contribution in [0.2, 0.25) is 0 Å². The molecule has 0 bridgehead atoms. The molecule has 0 radical (unpaired) electrons. The van der Waals surface area contributed by atoms with Crippen LogP contribution in [0.5, 0.6) is 0 Å². The topological polar surface area (TPSA) is 60.0 Å². The van der Waals surface area contributed by atoms with E-state index in [-0.39, 0.29) is 0 Å². The molecule has 0 aliphatic heterocycles. The van der Waals surface area contributed by atoms with E-state index in [9.17, 15) is 0 Å². The summed E-state index contributed by atoms with van der Waals surface area (Å²) in [4.78, 5) is 6.48. The summed E-state index contributed by atoms with van der Waals surface area (Å²) in [6.45, 7) is 6.55. The van der Waals surface area contributed by atoms with Crippen LogP contribution in [0.1, 0.15) is 17.1 Å². The first-order valence-corrected chi connectivity index (χ1v) is 7.68. The van der Waals surface area contributed by atoms with Crippen molar-refractivity contribution in [3.8, 4) is 11.4 Å². The second kappa shape index (κ2) is 6.75. The molecule has 0 saturated heterocycles. The van der Waals surface area contributed by atoms with Crippen LogP contribution < -0.4 is 0 Å². The lowest BCUT2D eigenvalue weighted by molar-refractivity contribution is 0.260. The van der Waals surface area contributed by atoms with Crippen LogP contribution in [0.4, 0.5) is 0 Å². The van der Waals surface area contributed by atoms with Crippen molar-refractivity contribution in [2.24, 2.45) is 0 Å². The van der Waals surface area contributed by atoms with Gasteiger partial charge in [0.2, 0.25) is 0 Å². The number of hydrogen-bond acceptors (Lipinski definition) is 5. The highest BCUT2D eigenvalue weighted by Gasteiger charge is 2.10. The van der Waals surface area contributed by atoms with Gasteiger partial charge in [0.15, 0.2) is 5.76 Å². The Balaban J connectivity index is 1.57. The Morgan fingerprint density at radius 3 is 2.74 bits per heavy atom. The van der Waals surface area contributed by atoms with Crippen molar-refractivity contribution in [2.45, 2.75) is 26.9 Å². The van der Waals surface area contributed by atoms with Crippen LogP contribution in [-0.2, 0) is 13.1 Å². The Morgan fingerprint density at radius 1 is 1.17 bits per heavy atom. The minimum absolute atomic E-state index is 0.707. The fourth-order valence-corrected chi connectivity index (χ4v) is 2.53. The van der Waals surface area contributed by atoms with Crippen molar-refractivity contribution in [1.82, 2.24) is 24.8 Å². The minimum Gasteiger partial charge on any atom is -0.359 e. The maximum Gasteiger partial charge on any atom is 0.151 e. The van der Waals surface area contributed by atoms with Gasteiger partial charge in [-0.2, -0.15) is 5.10 Å². The Morgan fingerprint density at radius 2 is 2.04 bits per heavy atom. The maximum absolute atomic E-state index is 5.42. The molecule has 0 amide bonds. The van der Waals surface area contributed by atoms with Gasteiger partial charge in [-0.25, -0.2) is 0 Å². The second-order valence-electron chi connectivity index (χ2n) is 5.78. The molecule has 3 heterocycles. The van der Waals surface area contributed by atoms with Gasteiger partial charge in [-0.15, -0.1) is 0 Å². The van der Waals surface area contributed by atoms with Gasteiger partial charge in [0.05, 0.1) is 24.5 Å². The second-order valence-corrected chi connectivity index (χ2v) is 5.78. The lowest BCUT2D eigenvalue weighted by atomic mass is 10.2. The molecule has 0 aromatic carbocycles. The summed E-state index contributed by atoms with van der Waals surface area (Å²) in [5.74, 6) is 0.835. The molecule has 3 aromatic rings. The Labute approximate surface area is 135 Å². The number of pyridine rings is 1. The quantitative estimate of drug-likeness (QED) is 0.700. The Kier molecular flexibility index (Phi) is 4.52. The average Bonchev–Trinajstić information content (AvgIpc) is 3.12. The number of aromatic nitrogens is 4. The first-order valence-electron chi connectivity index (χ1n) is 7.68. The van der Waals surface area contributed by atoms with E-state index in [2.05, 4.69) is 40.2 Å². The number of aryl methyl sites for hydroxylation is 2. The van der Waals surface area contributed by atoms with Gasteiger partial charge in [-0.05, 0) is 39.1 Å². The van der Waals surface area contributed by atoms with Gasteiger partial charge in [-0.1, -0.05) is 11.2 Å². The molecule has 3 aromatic heterocycles. The highest BCUT2D eigenvalue weighted by Crippen LogP contribution is 2.17. The molecule has 0 unspecified atom stereocenters. The van der Waals surface area contributed by atoms with Crippen LogP contribution in [0.25, 0.3) is 11.4 Å². The van der Waals surface area contributed by atoms with E-state index in [0.29, 0.717) is 6.54 Å². The van der Waals surface area contributed by atoms with E-state index in [1.54, 1.807) is 6.20 Å². The van der Waals surface area contributed by atoms with Crippen molar-refractivity contribution in [1.29, 1.82) is 0 Å². The van der Waals surface area contributed by atoms with E-state index >= 15 is 0 Å². The number of likely N-dealkylation sites (N-methyl/N-ethyl adjacent to an activating group) is 1. The van der Waals surface area contributed by atoms with Gasteiger partial charge >= 0.3 is 0 Å². The molecule has 0 aliphatic carbocycles. The molecule has 120 valence electrons. The largest absolute Gasteiger partial charge is 0.359 e. The van der Waals surface area contributed by atoms with Gasteiger partial charge in [0.1, 0.15) is 5.69 Å². The zero-order chi connectivity index (χ0) is 16.2. The fraction of sp³-hybridized carbons (Fsp3) is 0.353. The highest BCUT2D eigenvalue weighted by atomic mass is 16.5. The molecular formula is C17H21N5O. The summed E-state index contributed by atoms with van der Waals surface area (Å²) in [5.41, 5.74) is 3.84. The molecule has 0 fully saturated rings. The summed E-state index contributed by atoms with van der Waals surface area (Å²) < 4.78 is 7.45. The normalized spacial score (nSPS) is 11.3. The summed E-state index contributed by atoms with van der Waals surface area (Å²) in [7, 11) is 2.06. The molecular weight excluding hydrogens is 290 g/mol. The first-order chi connectivity index (χ1) is 11.1. The molecule has 0 N–H and O–H groups in total. The number of rotatable bonds is 6. The van der Waals surface area contributed by atoms with Crippen molar-refractivity contribution in [2.75, 3.05) is 13.6 Å². The third kappa shape index (κ3) is 3.84. The zero-order valence-electron chi connectivity index (χ0n) is 13.7. The van der Waals surface area contributed by atoms with Crippen LogP contribution in [0, 0.1) is 13.8 Å². The molecule has 0 saturated carbocycles. The predicted molar refractivity (Wildman–Crippen MR) is 87.8 cm³/mol. The summed E-state index contributed by atoms with van der Waals surface area (Å²) in [5, 5.41) is 8.57. The molecule has 0 atom stereocenters. The average molecular weight is 311 g/mol. The molecule has 6 nitrogen and oxygen atoms in total. The smallest absolute Gasteiger partial charge is 0.151 e. The van der Waals surface area contributed by atoms with Gasteiger partial charge in [0, 0.05) is 24.5 Å². The summed E-state index contributed by atoms with van der Waals surface area (Å²) >= 11 is 0. The van der Waals surface area contributed by atoms with Gasteiger partial charge in [-0.3, -0.25) is 14.6 Å². The SMILES string of the molecule is Cc1cc(C)n(CCN(C)Cc2cc(-c3ccccn3)no2)n1. The Hall–Kier alpha value is -2.47. The molecule has 23 heavy (non-hydrogen) atoms. The Bertz CT molecular complexity index is 762. The molecule has 0 spiro atoms. The van der Waals surface area contributed by atoms with Crippen LogP contribution in [0.3, 0.4) is 0 Å². The summed E-state index contributed by atoms with van der Waals surface area (Å²) in [6, 6.07) is 9.79. The predicted octanol–water partition coefficient (Wildman–Crippen LogP) is 2.68. The van der Waals surface area contributed by atoms with E-state index in [1.165, 1.54) is 5.69 Å². The monoisotopic (exact) mass is 311 g/mol. The van der Waals surface area contributed by atoms with Gasteiger partial charge in [0.25, 0.3) is 0 Å². The van der Waals surface area contributed by atoms with E-state index in [4.69, 9.17) is 4.52 Å².